The zero-order valence-corrected chi connectivity index (χ0v) is 12.4. The zero-order valence-electron chi connectivity index (χ0n) is 10.8. The Kier molecular flexibility index (Phi) is 5.11. The van der Waals surface area contributed by atoms with Crippen LogP contribution in [0, 0.1) is 17.2 Å². The van der Waals surface area contributed by atoms with Crippen molar-refractivity contribution in [3.63, 3.8) is 0 Å². The van der Waals surface area contributed by atoms with E-state index in [1.807, 2.05) is 0 Å². The Hall–Kier alpha value is -1.62. The Balaban J connectivity index is 3.25. The number of nitrogens with zero attached hydrogens (tertiary/aromatic N) is 1. The lowest BCUT2D eigenvalue weighted by Crippen LogP contribution is -2.44. The van der Waals surface area contributed by atoms with Crippen molar-refractivity contribution in [2.24, 2.45) is 5.92 Å². The van der Waals surface area contributed by atoms with E-state index in [4.69, 9.17) is 22.0 Å². The van der Waals surface area contributed by atoms with Gasteiger partial charge < -0.3 is 5.11 Å². The molecule has 6 nitrogen and oxygen atoms in total. The number of hydrogen-bond acceptors (Lipinski definition) is 4. The number of carbonyl (C=O) groups is 1. The molecule has 1 rings (SSSR count). The molecule has 0 fully saturated rings. The van der Waals surface area contributed by atoms with Crippen LogP contribution < -0.4 is 4.72 Å². The van der Waals surface area contributed by atoms with E-state index in [0.29, 0.717) is 0 Å². The van der Waals surface area contributed by atoms with Crippen molar-refractivity contribution in [3.8, 4) is 6.07 Å². The van der Waals surface area contributed by atoms with Crippen molar-refractivity contribution in [3.05, 3.63) is 28.8 Å². The van der Waals surface area contributed by atoms with E-state index in [9.17, 15) is 13.2 Å². The quantitative estimate of drug-likeness (QED) is 0.858. The van der Waals surface area contributed by atoms with Gasteiger partial charge in [0.2, 0.25) is 10.0 Å². The summed E-state index contributed by atoms with van der Waals surface area (Å²) in [4.78, 5) is 10.8. The molecule has 0 amide bonds. The van der Waals surface area contributed by atoms with Crippen LogP contribution in [0.3, 0.4) is 0 Å². The Morgan fingerprint density at radius 1 is 1.45 bits per heavy atom. The number of carboxylic acid groups (broad SMARTS) is 1. The first-order chi connectivity index (χ1) is 9.19. The maximum absolute atomic E-state index is 12.2. The third-order valence-electron chi connectivity index (χ3n) is 2.57. The molecule has 108 valence electrons. The largest absolute Gasteiger partial charge is 0.480 e. The highest BCUT2D eigenvalue weighted by Gasteiger charge is 2.29. The van der Waals surface area contributed by atoms with Crippen LogP contribution in [-0.2, 0) is 14.8 Å². The number of nitrogens with one attached hydrogen (secondary N) is 1. The molecule has 0 saturated heterocycles. The van der Waals surface area contributed by atoms with Crippen molar-refractivity contribution in [2.45, 2.75) is 24.8 Å². The average molecular weight is 317 g/mol. The van der Waals surface area contributed by atoms with Gasteiger partial charge in [0.05, 0.1) is 10.5 Å². The van der Waals surface area contributed by atoms with Crippen LogP contribution in [0.5, 0.6) is 0 Å². The highest BCUT2D eigenvalue weighted by Crippen LogP contribution is 2.20. The summed E-state index contributed by atoms with van der Waals surface area (Å²) in [5, 5.41) is 18.2. The van der Waals surface area contributed by atoms with Gasteiger partial charge in [0, 0.05) is 5.02 Å². The van der Waals surface area contributed by atoms with E-state index in [-0.39, 0.29) is 15.5 Å². The molecule has 0 aliphatic rings. The molecule has 0 aromatic heterocycles. The van der Waals surface area contributed by atoms with Crippen LogP contribution in [0.25, 0.3) is 0 Å². The summed E-state index contributed by atoms with van der Waals surface area (Å²) in [5.41, 5.74) is -0.141. The summed E-state index contributed by atoms with van der Waals surface area (Å²) >= 11 is 5.69. The number of halogens is 1. The number of benzene rings is 1. The lowest BCUT2D eigenvalue weighted by atomic mass is 10.1. The Morgan fingerprint density at radius 2 is 2.05 bits per heavy atom. The van der Waals surface area contributed by atoms with Crippen molar-refractivity contribution in [1.29, 1.82) is 5.26 Å². The molecule has 0 bridgehead atoms. The molecule has 0 spiro atoms. The van der Waals surface area contributed by atoms with Gasteiger partial charge in [-0.05, 0) is 24.1 Å². The number of nitriles is 1. The highest BCUT2D eigenvalue weighted by molar-refractivity contribution is 7.89. The van der Waals surface area contributed by atoms with Crippen LogP contribution in [0.1, 0.15) is 19.4 Å². The second kappa shape index (κ2) is 6.22. The molecule has 0 radical (unpaired) electrons. The van der Waals surface area contributed by atoms with Gasteiger partial charge in [-0.15, -0.1) is 0 Å². The van der Waals surface area contributed by atoms with Crippen molar-refractivity contribution in [1.82, 2.24) is 4.72 Å². The fourth-order valence-electron chi connectivity index (χ4n) is 1.53. The monoisotopic (exact) mass is 316 g/mol. The number of sulfonamides is 1. The SMILES string of the molecule is CC(C)C(NS(=O)(=O)c1ccc(Cl)cc1C#N)C(=O)O. The van der Waals surface area contributed by atoms with Crippen molar-refractivity contribution in [2.75, 3.05) is 0 Å². The van der Waals surface area contributed by atoms with Gasteiger partial charge in [-0.25, -0.2) is 8.42 Å². The maximum Gasteiger partial charge on any atom is 0.322 e. The number of carboxylic acids is 1. The molecule has 8 heteroatoms. The predicted molar refractivity (Wildman–Crippen MR) is 72.8 cm³/mol. The smallest absolute Gasteiger partial charge is 0.322 e. The Labute approximate surface area is 122 Å². The minimum absolute atomic E-state index is 0.141. The minimum atomic E-state index is -4.12. The fourth-order valence-corrected chi connectivity index (χ4v) is 3.17. The average Bonchev–Trinajstić information content (AvgIpc) is 2.34. The lowest BCUT2D eigenvalue weighted by molar-refractivity contribution is -0.140. The van der Waals surface area contributed by atoms with Gasteiger partial charge in [0.15, 0.2) is 0 Å². The van der Waals surface area contributed by atoms with Gasteiger partial charge in [0.25, 0.3) is 0 Å². The van der Waals surface area contributed by atoms with E-state index in [0.717, 1.165) is 0 Å². The number of rotatable bonds is 5. The van der Waals surface area contributed by atoms with Crippen LogP contribution in [0.2, 0.25) is 5.02 Å². The van der Waals surface area contributed by atoms with Gasteiger partial charge in [0.1, 0.15) is 12.1 Å². The van der Waals surface area contributed by atoms with E-state index < -0.39 is 28.0 Å². The summed E-state index contributed by atoms with van der Waals surface area (Å²) < 4.78 is 26.4. The molecular formula is C12H13ClN2O4S. The van der Waals surface area contributed by atoms with Gasteiger partial charge in [-0.3, -0.25) is 4.79 Å². The topological polar surface area (TPSA) is 107 Å². The van der Waals surface area contributed by atoms with Crippen LogP contribution >= 0.6 is 11.6 Å². The third-order valence-corrected chi connectivity index (χ3v) is 4.30. The number of aliphatic carboxylic acids is 1. The third kappa shape index (κ3) is 3.70. The molecule has 0 aliphatic carbocycles. The van der Waals surface area contributed by atoms with Crippen molar-refractivity contribution < 1.29 is 18.3 Å². The van der Waals surface area contributed by atoms with E-state index in [2.05, 4.69) is 4.72 Å². The van der Waals surface area contributed by atoms with Crippen LogP contribution in [-0.4, -0.2) is 25.5 Å². The molecule has 1 aromatic rings. The summed E-state index contributed by atoms with van der Waals surface area (Å²) in [6, 6.07) is 4.15. The summed E-state index contributed by atoms with van der Waals surface area (Å²) in [6.45, 7) is 3.16. The summed E-state index contributed by atoms with van der Waals surface area (Å²) in [7, 11) is -4.12. The van der Waals surface area contributed by atoms with E-state index in [1.165, 1.54) is 18.2 Å². The predicted octanol–water partition coefficient (Wildman–Crippen LogP) is 1.60. The molecule has 0 aliphatic heterocycles. The molecule has 1 atom stereocenters. The Morgan fingerprint density at radius 3 is 2.50 bits per heavy atom. The van der Waals surface area contributed by atoms with Crippen LogP contribution in [0.4, 0.5) is 0 Å². The Bertz CT molecular complexity index is 665. The fraction of sp³-hybridized carbons (Fsp3) is 0.333. The molecular weight excluding hydrogens is 304 g/mol. The van der Waals surface area contributed by atoms with E-state index >= 15 is 0 Å². The second-order valence-electron chi connectivity index (χ2n) is 4.43. The number of hydrogen-bond donors (Lipinski definition) is 2. The standard InChI is InChI=1S/C12H13ClN2O4S/c1-7(2)11(12(16)17)15-20(18,19)10-4-3-9(13)5-8(10)6-14/h3-5,7,11,15H,1-2H3,(H,16,17). The maximum atomic E-state index is 12.2. The van der Waals surface area contributed by atoms with Crippen molar-refractivity contribution >= 4 is 27.6 Å². The molecule has 2 N–H and O–H groups in total. The molecule has 0 saturated carbocycles. The molecule has 1 aromatic carbocycles. The molecule has 1 unspecified atom stereocenters. The first kappa shape index (κ1) is 16.4. The molecule has 20 heavy (non-hydrogen) atoms. The first-order valence-electron chi connectivity index (χ1n) is 5.64. The first-order valence-corrected chi connectivity index (χ1v) is 7.50. The van der Waals surface area contributed by atoms with Gasteiger partial charge in [-0.2, -0.15) is 9.98 Å². The van der Waals surface area contributed by atoms with Crippen LogP contribution in [0.15, 0.2) is 23.1 Å². The summed E-state index contributed by atoms with van der Waals surface area (Å²) in [6.07, 6.45) is 0. The van der Waals surface area contributed by atoms with Gasteiger partial charge in [-0.1, -0.05) is 25.4 Å². The lowest BCUT2D eigenvalue weighted by Gasteiger charge is -2.18. The zero-order chi connectivity index (χ0) is 15.5. The minimum Gasteiger partial charge on any atom is -0.480 e. The van der Waals surface area contributed by atoms with Gasteiger partial charge >= 0.3 is 5.97 Å². The highest BCUT2D eigenvalue weighted by atomic mass is 35.5. The van der Waals surface area contributed by atoms with E-state index in [1.54, 1.807) is 19.9 Å². The second-order valence-corrected chi connectivity index (χ2v) is 6.55. The summed E-state index contributed by atoms with van der Waals surface area (Å²) in [5.74, 6) is -1.73. The molecule has 0 heterocycles. The normalized spacial score (nSPS) is 12.9.